The Hall–Kier alpha value is -6.26. The maximum atomic E-state index is 13.0. The van der Waals surface area contributed by atoms with Crippen LogP contribution in [0.25, 0.3) is 44.3 Å². The van der Waals surface area contributed by atoms with Crippen molar-refractivity contribution < 1.29 is 26.3 Å². The molecule has 0 saturated heterocycles. The Bertz CT molecular complexity index is 2510. The standard InChI is InChI=1S/C40H24F6N8S2/c41-39(42,43)25-15-9-21(10-16-25)27-3-1-5-29(51-27)35(47)55-37(49)31-19-13-23-7-8-24-14-20-32(54-34(24)33(23)53-31)38(50)56-36(48)30-6-2-4-28(52-30)22-11-17-26(18-12-22)40(44,45)46/h1-20,47-50H. The number of pyridine rings is 4. The molecule has 0 amide bonds. The number of alkyl halides is 6. The molecule has 4 heterocycles. The van der Waals surface area contributed by atoms with Crippen molar-refractivity contribution in [3.8, 4) is 22.5 Å². The van der Waals surface area contributed by atoms with Crippen molar-refractivity contribution in [2.45, 2.75) is 12.4 Å². The molecular weight excluding hydrogens is 771 g/mol. The van der Waals surface area contributed by atoms with Crippen LogP contribution in [-0.2, 0) is 12.4 Å². The van der Waals surface area contributed by atoms with Crippen LogP contribution in [0, 0.1) is 21.6 Å². The van der Waals surface area contributed by atoms with Crippen molar-refractivity contribution >= 4 is 65.5 Å². The van der Waals surface area contributed by atoms with Gasteiger partial charge in [0, 0.05) is 21.9 Å². The van der Waals surface area contributed by atoms with E-state index in [1.807, 2.05) is 12.1 Å². The molecule has 8 nitrogen and oxygen atoms in total. The Labute approximate surface area is 322 Å². The van der Waals surface area contributed by atoms with Gasteiger partial charge in [0.1, 0.15) is 20.2 Å². The molecule has 3 aromatic carbocycles. The molecule has 278 valence electrons. The third kappa shape index (κ3) is 8.21. The van der Waals surface area contributed by atoms with Crippen LogP contribution in [0.2, 0.25) is 0 Å². The number of nitrogens with one attached hydrogen (secondary N) is 4. The van der Waals surface area contributed by atoms with Gasteiger partial charge in [-0.25, -0.2) is 19.9 Å². The minimum absolute atomic E-state index is 0.0606. The lowest BCUT2D eigenvalue weighted by molar-refractivity contribution is -0.138. The molecule has 4 aromatic heterocycles. The molecule has 7 rings (SSSR count). The van der Waals surface area contributed by atoms with Crippen molar-refractivity contribution in [1.29, 1.82) is 21.6 Å². The SMILES string of the molecule is N=C(SC(=N)c1ccc2ccc3ccc(C(=N)SC(=N)c4cccc(-c5ccc(C(F)(F)F)cc5)n4)nc3c2n1)c1cccc(-c2ccc(C(F)(F)F)cc2)n1. The second-order valence-corrected chi connectivity index (χ2v) is 14.1. The summed E-state index contributed by atoms with van der Waals surface area (Å²) in [5.74, 6) is 0. The first-order valence-electron chi connectivity index (χ1n) is 16.4. The van der Waals surface area contributed by atoms with Crippen molar-refractivity contribution in [2.75, 3.05) is 0 Å². The highest BCUT2D eigenvalue weighted by molar-refractivity contribution is 8.27. The Balaban J connectivity index is 1.08. The first-order valence-corrected chi connectivity index (χ1v) is 18.0. The number of hydrogen-bond donors (Lipinski definition) is 4. The highest BCUT2D eigenvalue weighted by atomic mass is 32.2. The number of thioether (sulfide) groups is 2. The van der Waals surface area contributed by atoms with E-state index in [1.54, 1.807) is 60.7 Å². The van der Waals surface area contributed by atoms with Crippen molar-refractivity contribution in [3.05, 3.63) is 155 Å². The first-order chi connectivity index (χ1) is 26.6. The second-order valence-electron chi connectivity index (χ2n) is 12.1. The summed E-state index contributed by atoms with van der Waals surface area (Å²) in [6.07, 6.45) is -8.94. The maximum Gasteiger partial charge on any atom is 0.416 e. The zero-order valence-corrected chi connectivity index (χ0v) is 30.1. The van der Waals surface area contributed by atoms with Gasteiger partial charge in [-0.2, -0.15) is 26.3 Å². The quantitative estimate of drug-likeness (QED) is 0.0570. The molecule has 0 aliphatic rings. The molecule has 0 fully saturated rings. The molecule has 0 spiro atoms. The van der Waals surface area contributed by atoms with Gasteiger partial charge in [-0.3, -0.25) is 21.6 Å². The monoisotopic (exact) mass is 794 g/mol. The molecule has 0 aliphatic heterocycles. The molecule has 7 aromatic rings. The molecule has 0 aliphatic carbocycles. The summed E-state index contributed by atoms with van der Waals surface area (Å²) in [4.78, 5) is 18.3. The Morgan fingerprint density at radius 3 is 1.05 bits per heavy atom. The molecule has 4 N–H and O–H groups in total. The summed E-state index contributed by atoms with van der Waals surface area (Å²) in [5.41, 5.74) is 1.86. The topological polar surface area (TPSA) is 147 Å². The van der Waals surface area contributed by atoms with E-state index in [-0.39, 0.29) is 43.0 Å². The van der Waals surface area contributed by atoms with Crippen LogP contribution in [0.15, 0.2) is 121 Å². The van der Waals surface area contributed by atoms with E-state index < -0.39 is 23.5 Å². The molecule has 0 unspecified atom stereocenters. The number of aromatic nitrogens is 4. The van der Waals surface area contributed by atoms with E-state index in [0.717, 1.165) is 47.8 Å². The van der Waals surface area contributed by atoms with Gasteiger partial charge in [-0.1, -0.05) is 60.7 Å². The third-order valence-corrected chi connectivity index (χ3v) is 10.0. The lowest BCUT2D eigenvalue weighted by Gasteiger charge is -2.10. The van der Waals surface area contributed by atoms with Crippen LogP contribution in [-0.4, -0.2) is 40.1 Å². The summed E-state index contributed by atoms with van der Waals surface area (Å²) in [6, 6.07) is 29.2. The van der Waals surface area contributed by atoms with Crippen molar-refractivity contribution in [1.82, 2.24) is 19.9 Å². The number of fused-ring (bicyclic) bond motifs is 3. The highest BCUT2D eigenvalue weighted by Gasteiger charge is 2.31. The van der Waals surface area contributed by atoms with Gasteiger partial charge in [0.15, 0.2) is 0 Å². The summed E-state index contributed by atoms with van der Waals surface area (Å²) < 4.78 is 78.2. The van der Waals surface area contributed by atoms with Gasteiger partial charge < -0.3 is 0 Å². The molecule has 0 saturated carbocycles. The van der Waals surface area contributed by atoms with Crippen LogP contribution in [0.1, 0.15) is 33.9 Å². The second kappa shape index (κ2) is 15.1. The van der Waals surface area contributed by atoms with Gasteiger partial charge in [-0.05, 0) is 84.2 Å². The zero-order chi connectivity index (χ0) is 39.8. The Morgan fingerprint density at radius 1 is 0.393 bits per heavy atom. The van der Waals surface area contributed by atoms with E-state index in [9.17, 15) is 26.3 Å². The lowest BCUT2D eigenvalue weighted by atomic mass is 10.1. The van der Waals surface area contributed by atoms with Crippen LogP contribution in [0.4, 0.5) is 26.3 Å². The minimum atomic E-state index is -4.47. The first kappa shape index (κ1) is 38.0. The number of rotatable bonds is 6. The summed E-state index contributed by atoms with van der Waals surface area (Å²) in [5, 5.41) is 36.0. The predicted octanol–water partition coefficient (Wildman–Crippen LogP) is 11.1. The molecule has 0 atom stereocenters. The Kier molecular flexibility index (Phi) is 10.3. The normalized spacial score (nSPS) is 11.8. The summed E-state index contributed by atoms with van der Waals surface area (Å²) in [7, 11) is 0. The van der Waals surface area contributed by atoms with Crippen molar-refractivity contribution in [3.63, 3.8) is 0 Å². The maximum absolute atomic E-state index is 13.0. The van der Waals surface area contributed by atoms with E-state index in [1.165, 1.54) is 24.3 Å². The molecule has 56 heavy (non-hydrogen) atoms. The fraction of sp³-hybridized carbons (Fsp3) is 0.0500. The van der Waals surface area contributed by atoms with E-state index >= 15 is 0 Å². The van der Waals surface area contributed by atoms with E-state index in [2.05, 4.69) is 9.97 Å². The third-order valence-electron chi connectivity index (χ3n) is 8.37. The summed E-state index contributed by atoms with van der Waals surface area (Å²) >= 11 is 1.61. The fourth-order valence-corrected chi connectivity index (χ4v) is 6.82. The van der Waals surface area contributed by atoms with Gasteiger partial charge in [0.2, 0.25) is 0 Å². The lowest BCUT2D eigenvalue weighted by Crippen LogP contribution is -2.07. The smallest absolute Gasteiger partial charge is 0.292 e. The average Bonchev–Trinajstić information content (AvgIpc) is 3.19. The van der Waals surface area contributed by atoms with Gasteiger partial charge in [0.05, 0.1) is 56.3 Å². The average molecular weight is 795 g/mol. The molecule has 0 radical (unpaired) electrons. The largest absolute Gasteiger partial charge is 0.416 e. The van der Waals surface area contributed by atoms with Crippen LogP contribution in [0.5, 0.6) is 0 Å². The number of hydrogen-bond acceptors (Lipinski definition) is 10. The minimum Gasteiger partial charge on any atom is -0.292 e. The van der Waals surface area contributed by atoms with E-state index in [0.29, 0.717) is 44.3 Å². The predicted molar refractivity (Wildman–Crippen MR) is 209 cm³/mol. The number of nitrogens with zero attached hydrogens (tertiary/aromatic N) is 4. The Morgan fingerprint density at radius 2 is 0.714 bits per heavy atom. The van der Waals surface area contributed by atoms with Crippen LogP contribution >= 0.6 is 23.5 Å². The highest BCUT2D eigenvalue weighted by Crippen LogP contribution is 2.33. The molecule has 0 bridgehead atoms. The van der Waals surface area contributed by atoms with Gasteiger partial charge in [0.25, 0.3) is 0 Å². The molecule has 16 heteroatoms. The number of halogens is 6. The van der Waals surface area contributed by atoms with Gasteiger partial charge >= 0.3 is 12.4 Å². The van der Waals surface area contributed by atoms with Crippen molar-refractivity contribution in [2.24, 2.45) is 0 Å². The summed E-state index contributed by atoms with van der Waals surface area (Å²) in [6.45, 7) is 0. The van der Waals surface area contributed by atoms with Crippen LogP contribution < -0.4 is 0 Å². The van der Waals surface area contributed by atoms with Crippen LogP contribution in [0.3, 0.4) is 0 Å². The van der Waals surface area contributed by atoms with Gasteiger partial charge in [-0.15, -0.1) is 0 Å². The fourth-order valence-electron chi connectivity index (χ4n) is 5.54. The molecular formula is C40H24F6N8S2. The number of benzene rings is 3. The van der Waals surface area contributed by atoms with E-state index in [4.69, 9.17) is 31.6 Å². The zero-order valence-electron chi connectivity index (χ0n) is 28.4.